The zero-order valence-corrected chi connectivity index (χ0v) is 12.3. The van der Waals surface area contributed by atoms with Crippen LogP contribution in [0.25, 0.3) is 0 Å². The summed E-state index contributed by atoms with van der Waals surface area (Å²) in [5, 5.41) is 10.1. The van der Waals surface area contributed by atoms with Crippen LogP contribution < -0.4 is 0 Å². The molecular formula is C11H14BrIO. The van der Waals surface area contributed by atoms with E-state index in [9.17, 15) is 5.11 Å². The molecule has 78 valence electrons. The van der Waals surface area contributed by atoms with Crippen molar-refractivity contribution >= 4 is 38.5 Å². The van der Waals surface area contributed by atoms with Gasteiger partial charge < -0.3 is 5.11 Å². The first-order valence-electron chi connectivity index (χ1n) is 4.45. The van der Waals surface area contributed by atoms with Crippen molar-refractivity contribution in [1.29, 1.82) is 0 Å². The number of hydrogen-bond donors (Lipinski definition) is 1. The van der Waals surface area contributed by atoms with E-state index in [1.165, 1.54) is 0 Å². The molecule has 0 aromatic heterocycles. The molecule has 0 heterocycles. The highest BCUT2D eigenvalue weighted by Gasteiger charge is 2.25. The lowest BCUT2D eigenvalue weighted by Crippen LogP contribution is -2.18. The second-order valence-corrected chi connectivity index (χ2v) is 6.51. The summed E-state index contributed by atoms with van der Waals surface area (Å²) < 4.78 is 2.12. The Bertz CT molecular complexity index is 331. The van der Waals surface area contributed by atoms with Gasteiger partial charge in [0.2, 0.25) is 0 Å². The molecule has 1 nitrogen and oxygen atoms in total. The largest absolute Gasteiger partial charge is 0.388 e. The van der Waals surface area contributed by atoms with Gasteiger partial charge in [-0.1, -0.05) is 36.7 Å². The maximum atomic E-state index is 10.1. The van der Waals surface area contributed by atoms with E-state index in [0.29, 0.717) is 0 Å². The molecule has 0 amide bonds. The number of halogens is 2. The van der Waals surface area contributed by atoms with E-state index in [2.05, 4.69) is 38.5 Å². The van der Waals surface area contributed by atoms with Crippen molar-refractivity contribution in [2.75, 3.05) is 0 Å². The molecule has 0 fully saturated rings. The maximum absolute atomic E-state index is 10.1. The van der Waals surface area contributed by atoms with Crippen LogP contribution in [-0.4, -0.2) is 5.11 Å². The third-order valence-electron chi connectivity index (χ3n) is 2.07. The van der Waals surface area contributed by atoms with Crippen molar-refractivity contribution in [2.45, 2.75) is 26.9 Å². The van der Waals surface area contributed by atoms with E-state index in [-0.39, 0.29) is 5.41 Å². The van der Waals surface area contributed by atoms with Crippen molar-refractivity contribution in [2.24, 2.45) is 5.41 Å². The van der Waals surface area contributed by atoms with Gasteiger partial charge in [-0.05, 0) is 51.8 Å². The molecule has 0 aliphatic carbocycles. The number of hydrogen-bond acceptors (Lipinski definition) is 1. The summed E-state index contributed by atoms with van der Waals surface area (Å²) in [6.07, 6.45) is -0.424. The minimum absolute atomic E-state index is 0.124. The highest BCUT2D eigenvalue weighted by Crippen LogP contribution is 2.35. The van der Waals surface area contributed by atoms with Crippen LogP contribution in [0.15, 0.2) is 22.7 Å². The normalized spacial score (nSPS) is 14.1. The number of aliphatic hydroxyl groups excluding tert-OH is 1. The van der Waals surface area contributed by atoms with E-state index >= 15 is 0 Å². The van der Waals surface area contributed by atoms with Gasteiger partial charge in [-0.15, -0.1) is 0 Å². The quantitative estimate of drug-likeness (QED) is 0.739. The summed E-state index contributed by atoms with van der Waals surface area (Å²) in [5.74, 6) is 0. The summed E-state index contributed by atoms with van der Waals surface area (Å²) in [6, 6.07) is 5.98. The molecular weight excluding hydrogens is 355 g/mol. The van der Waals surface area contributed by atoms with E-state index < -0.39 is 6.10 Å². The lowest BCUT2D eigenvalue weighted by molar-refractivity contribution is 0.0619. The van der Waals surface area contributed by atoms with Crippen LogP contribution in [0.1, 0.15) is 32.4 Å². The lowest BCUT2D eigenvalue weighted by atomic mass is 9.85. The van der Waals surface area contributed by atoms with Crippen LogP contribution in [0, 0.1) is 8.99 Å². The summed E-state index contributed by atoms with van der Waals surface area (Å²) in [6.45, 7) is 6.11. The van der Waals surface area contributed by atoms with Gasteiger partial charge in [0, 0.05) is 8.04 Å². The monoisotopic (exact) mass is 368 g/mol. The molecule has 1 N–H and O–H groups in total. The second-order valence-electron chi connectivity index (χ2n) is 4.43. The van der Waals surface area contributed by atoms with Crippen molar-refractivity contribution in [3.63, 3.8) is 0 Å². The molecule has 0 aliphatic rings. The first kappa shape index (κ1) is 12.5. The number of rotatable bonds is 1. The fraction of sp³-hybridized carbons (Fsp3) is 0.455. The van der Waals surface area contributed by atoms with Crippen molar-refractivity contribution < 1.29 is 5.11 Å². The SMILES string of the molecule is CC(C)(C)C(O)c1cc(Br)ccc1I. The Labute approximate surface area is 107 Å². The topological polar surface area (TPSA) is 20.2 Å². The number of benzene rings is 1. The van der Waals surface area contributed by atoms with E-state index in [4.69, 9.17) is 0 Å². The molecule has 1 unspecified atom stereocenters. The fourth-order valence-corrected chi connectivity index (χ4v) is 2.20. The molecule has 0 aliphatic heterocycles. The van der Waals surface area contributed by atoms with Gasteiger partial charge in [0.15, 0.2) is 0 Å². The van der Waals surface area contributed by atoms with Crippen LogP contribution in [0.3, 0.4) is 0 Å². The van der Waals surface area contributed by atoms with Crippen LogP contribution in [0.4, 0.5) is 0 Å². The molecule has 0 bridgehead atoms. The predicted octanol–water partition coefficient (Wildman–Crippen LogP) is 4.13. The van der Waals surface area contributed by atoms with Crippen LogP contribution in [0.5, 0.6) is 0 Å². The molecule has 0 saturated carbocycles. The van der Waals surface area contributed by atoms with Crippen LogP contribution >= 0.6 is 38.5 Å². The van der Waals surface area contributed by atoms with Gasteiger partial charge in [0.05, 0.1) is 6.10 Å². The summed E-state index contributed by atoms with van der Waals surface area (Å²) >= 11 is 5.67. The molecule has 1 aromatic carbocycles. The van der Waals surface area contributed by atoms with Crippen LogP contribution in [-0.2, 0) is 0 Å². The highest BCUT2D eigenvalue weighted by atomic mass is 127. The van der Waals surface area contributed by atoms with E-state index in [1.54, 1.807) is 0 Å². The fourth-order valence-electron chi connectivity index (χ4n) is 1.19. The maximum Gasteiger partial charge on any atom is 0.0848 e. The molecule has 14 heavy (non-hydrogen) atoms. The minimum Gasteiger partial charge on any atom is -0.388 e. The lowest BCUT2D eigenvalue weighted by Gasteiger charge is -2.27. The number of aliphatic hydroxyl groups is 1. The van der Waals surface area contributed by atoms with Crippen molar-refractivity contribution in [3.05, 3.63) is 31.8 Å². The van der Waals surface area contributed by atoms with Crippen molar-refractivity contribution in [1.82, 2.24) is 0 Å². The van der Waals surface area contributed by atoms with E-state index in [1.807, 2.05) is 39.0 Å². The van der Waals surface area contributed by atoms with Crippen molar-refractivity contribution in [3.8, 4) is 0 Å². The van der Waals surface area contributed by atoms with Gasteiger partial charge in [0.25, 0.3) is 0 Å². The Hall–Kier alpha value is 0.390. The molecule has 1 rings (SSSR count). The highest BCUT2D eigenvalue weighted by molar-refractivity contribution is 14.1. The molecule has 1 aromatic rings. The van der Waals surface area contributed by atoms with Gasteiger partial charge in [0.1, 0.15) is 0 Å². The van der Waals surface area contributed by atoms with E-state index in [0.717, 1.165) is 13.6 Å². The Morgan fingerprint density at radius 2 is 1.93 bits per heavy atom. The molecule has 0 saturated heterocycles. The van der Waals surface area contributed by atoms with Gasteiger partial charge in [-0.25, -0.2) is 0 Å². The smallest absolute Gasteiger partial charge is 0.0848 e. The summed E-state index contributed by atoms with van der Waals surface area (Å²) in [4.78, 5) is 0. The molecule has 1 atom stereocenters. The molecule has 3 heteroatoms. The van der Waals surface area contributed by atoms with Crippen LogP contribution in [0.2, 0.25) is 0 Å². The molecule has 0 radical (unpaired) electrons. The standard InChI is InChI=1S/C11H14BrIO/c1-11(2,3)10(14)8-6-7(12)4-5-9(8)13/h4-6,10,14H,1-3H3. The summed E-state index contributed by atoms with van der Waals surface area (Å²) in [5.41, 5.74) is 0.869. The Morgan fingerprint density at radius 3 is 2.43 bits per heavy atom. The predicted molar refractivity (Wildman–Crippen MR) is 71.3 cm³/mol. The summed E-state index contributed by atoms with van der Waals surface area (Å²) in [7, 11) is 0. The average molecular weight is 369 g/mol. The van der Waals surface area contributed by atoms with Gasteiger partial charge in [-0.3, -0.25) is 0 Å². The Morgan fingerprint density at radius 1 is 1.36 bits per heavy atom. The second kappa shape index (κ2) is 4.49. The average Bonchev–Trinajstić information content (AvgIpc) is 2.06. The Kier molecular flexibility index (Phi) is 4.00. The minimum atomic E-state index is -0.424. The third kappa shape index (κ3) is 2.94. The zero-order valence-electron chi connectivity index (χ0n) is 8.51. The first-order chi connectivity index (χ1) is 6.32. The Balaban J connectivity index is 3.12. The van der Waals surface area contributed by atoms with Gasteiger partial charge in [-0.2, -0.15) is 0 Å². The first-order valence-corrected chi connectivity index (χ1v) is 6.32. The third-order valence-corrected chi connectivity index (χ3v) is 3.55. The van der Waals surface area contributed by atoms with Gasteiger partial charge >= 0.3 is 0 Å². The zero-order chi connectivity index (χ0) is 10.9. The molecule has 0 spiro atoms.